The second-order valence-corrected chi connectivity index (χ2v) is 7.75. The highest BCUT2D eigenvalue weighted by Crippen LogP contribution is 2.15. The third-order valence-electron chi connectivity index (χ3n) is 5.54. The first kappa shape index (κ1) is 21.5. The van der Waals surface area contributed by atoms with Crippen LogP contribution in [0.4, 0.5) is 0 Å². The molecule has 2 aliphatic rings. The van der Waals surface area contributed by atoms with Crippen molar-refractivity contribution in [1.29, 1.82) is 0 Å². The van der Waals surface area contributed by atoms with E-state index >= 15 is 0 Å². The van der Waals surface area contributed by atoms with E-state index in [4.69, 9.17) is 9.47 Å². The van der Waals surface area contributed by atoms with Crippen molar-refractivity contribution in [2.45, 2.75) is 13.1 Å². The number of esters is 2. The normalized spacial score (nSPS) is 18.9. The molecule has 6 heteroatoms. The van der Waals surface area contributed by atoms with Gasteiger partial charge < -0.3 is 9.47 Å². The summed E-state index contributed by atoms with van der Waals surface area (Å²) in [7, 11) is 2.77. The molecule has 2 aliphatic heterocycles. The molecule has 0 fully saturated rings. The van der Waals surface area contributed by atoms with E-state index in [1.165, 1.54) is 35.2 Å². The number of carbonyl (C=O) groups is 2. The third-order valence-corrected chi connectivity index (χ3v) is 5.54. The lowest BCUT2D eigenvalue weighted by Crippen LogP contribution is -3.00. The van der Waals surface area contributed by atoms with Gasteiger partial charge in [0.1, 0.15) is 25.5 Å². The molecule has 4 rings (SSSR count). The number of ether oxygens (including phenoxy) is 2. The summed E-state index contributed by atoms with van der Waals surface area (Å²) in [5.74, 6) is -0.642. The Hall–Kier alpha value is -3.74. The minimum Gasteiger partial charge on any atom is -0.465 e. The maximum atomic E-state index is 11.6. The van der Waals surface area contributed by atoms with Crippen molar-refractivity contribution in [2.24, 2.45) is 0 Å². The lowest BCUT2D eigenvalue weighted by atomic mass is 10.1. The molecule has 0 saturated carbocycles. The summed E-state index contributed by atoms with van der Waals surface area (Å²) in [5, 5.41) is 0. The Kier molecular flexibility index (Phi) is 6.44. The van der Waals surface area contributed by atoms with Gasteiger partial charge in [0.2, 0.25) is 0 Å². The van der Waals surface area contributed by atoms with Crippen LogP contribution in [0.25, 0.3) is 0 Å². The topological polar surface area (TPSA) is 61.5 Å². The zero-order chi connectivity index (χ0) is 22.5. The quantitative estimate of drug-likeness (QED) is 0.655. The van der Waals surface area contributed by atoms with Crippen LogP contribution in [0.5, 0.6) is 0 Å². The van der Waals surface area contributed by atoms with Crippen LogP contribution in [-0.2, 0) is 22.6 Å². The van der Waals surface area contributed by atoms with Gasteiger partial charge in [-0.1, -0.05) is 24.3 Å². The molecule has 0 saturated heterocycles. The maximum absolute atomic E-state index is 11.6. The molecule has 2 aromatic rings. The number of rotatable bonds is 7. The van der Waals surface area contributed by atoms with E-state index in [0.29, 0.717) is 11.1 Å². The zero-order valence-electron chi connectivity index (χ0n) is 18.1. The van der Waals surface area contributed by atoms with Crippen molar-refractivity contribution in [1.82, 2.24) is 0 Å². The van der Waals surface area contributed by atoms with Gasteiger partial charge in [0.15, 0.2) is 0 Å². The summed E-state index contributed by atoms with van der Waals surface area (Å²) in [6.07, 6.45) is 13.0. The van der Waals surface area contributed by atoms with Crippen LogP contribution >= 0.6 is 0 Å². The second-order valence-electron chi connectivity index (χ2n) is 7.75. The van der Waals surface area contributed by atoms with Crippen LogP contribution in [0.3, 0.4) is 0 Å². The van der Waals surface area contributed by atoms with Crippen LogP contribution in [-0.4, -0.2) is 26.2 Å². The molecule has 162 valence electrons. The van der Waals surface area contributed by atoms with Gasteiger partial charge >= 0.3 is 11.9 Å². The number of benzene rings is 2. The van der Waals surface area contributed by atoms with Gasteiger partial charge in [0.05, 0.1) is 37.7 Å². The van der Waals surface area contributed by atoms with Crippen LogP contribution in [0.15, 0.2) is 96.6 Å². The molecule has 0 spiro atoms. The summed E-state index contributed by atoms with van der Waals surface area (Å²) >= 11 is 0. The minimum absolute atomic E-state index is 0.321. The fourth-order valence-corrected chi connectivity index (χ4v) is 3.79. The predicted molar refractivity (Wildman–Crippen MR) is 119 cm³/mol. The maximum Gasteiger partial charge on any atom is 0.337 e. The predicted octanol–water partition coefficient (Wildman–Crippen LogP) is 1.55. The highest BCUT2D eigenvalue weighted by molar-refractivity contribution is 5.89. The second kappa shape index (κ2) is 9.60. The number of hydrogen-bond acceptors (Lipinski definition) is 4. The van der Waals surface area contributed by atoms with Crippen LogP contribution < -0.4 is 9.80 Å². The average Bonchev–Trinajstić information content (AvgIpc) is 3.48. The number of allylic oxidation sites excluding steroid dienone is 4. The van der Waals surface area contributed by atoms with E-state index in [-0.39, 0.29) is 11.9 Å². The van der Waals surface area contributed by atoms with Crippen molar-refractivity contribution in [3.05, 3.63) is 119 Å². The fourth-order valence-electron chi connectivity index (χ4n) is 3.79. The van der Waals surface area contributed by atoms with Gasteiger partial charge in [-0.25, -0.2) is 9.59 Å². The van der Waals surface area contributed by atoms with Gasteiger partial charge in [-0.15, -0.1) is 0 Å². The molecule has 0 radical (unpaired) electrons. The number of hydrogen-bond donors (Lipinski definition) is 2. The molecule has 0 bridgehead atoms. The molecule has 0 amide bonds. The first-order chi connectivity index (χ1) is 15.6. The molecule has 6 nitrogen and oxygen atoms in total. The molecule has 2 unspecified atom stereocenters. The summed E-state index contributed by atoms with van der Waals surface area (Å²) in [6, 6.07) is 15.0. The van der Waals surface area contributed by atoms with E-state index in [0.717, 1.165) is 24.2 Å². The molecule has 2 aromatic carbocycles. The van der Waals surface area contributed by atoms with Gasteiger partial charge in [-0.05, 0) is 24.3 Å². The van der Waals surface area contributed by atoms with Crippen molar-refractivity contribution in [2.75, 3.05) is 14.2 Å². The molecule has 0 aliphatic carbocycles. The summed E-state index contributed by atoms with van der Waals surface area (Å²) < 4.78 is 9.50. The molecule has 0 aromatic heterocycles. The molecular weight excluding hydrogens is 404 g/mol. The number of quaternary nitrogens is 2. The highest BCUT2D eigenvalue weighted by Gasteiger charge is 2.20. The van der Waals surface area contributed by atoms with Crippen molar-refractivity contribution >= 4 is 11.9 Å². The Labute approximate surface area is 187 Å². The summed E-state index contributed by atoms with van der Waals surface area (Å²) in [6.45, 7) is 1.61. The van der Waals surface area contributed by atoms with Gasteiger partial charge in [0.25, 0.3) is 0 Å². The van der Waals surface area contributed by atoms with Gasteiger partial charge in [0, 0.05) is 34.4 Å². The zero-order valence-corrected chi connectivity index (χ0v) is 18.1. The monoisotopic (exact) mass is 430 g/mol. The van der Waals surface area contributed by atoms with Crippen molar-refractivity contribution in [3.63, 3.8) is 0 Å². The van der Waals surface area contributed by atoms with Crippen LogP contribution in [0.2, 0.25) is 0 Å². The molecule has 2 heterocycles. The largest absolute Gasteiger partial charge is 0.465 e. The van der Waals surface area contributed by atoms with E-state index in [2.05, 4.69) is 37.0 Å². The minimum atomic E-state index is -0.321. The van der Waals surface area contributed by atoms with Gasteiger partial charge in [-0.2, -0.15) is 0 Å². The van der Waals surface area contributed by atoms with E-state index in [1.807, 2.05) is 24.3 Å². The Bertz CT molecular complexity index is 1030. The third kappa shape index (κ3) is 4.94. The fraction of sp³-hybridized carbons (Fsp3) is 0.154. The van der Waals surface area contributed by atoms with Crippen molar-refractivity contribution in [3.8, 4) is 0 Å². The Morgan fingerprint density at radius 1 is 0.656 bits per heavy atom. The molecular formula is C26H26N2O4+2. The lowest BCUT2D eigenvalue weighted by Gasteiger charge is -2.08. The molecule has 2 N–H and O–H groups in total. The van der Waals surface area contributed by atoms with Crippen LogP contribution in [0, 0.1) is 0 Å². The van der Waals surface area contributed by atoms with E-state index in [1.54, 1.807) is 24.3 Å². The summed E-state index contributed by atoms with van der Waals surface area (Å²) in [4.78, 5) is 25.6. The highest BCUT2D eigenvalue weighted by atomic mass is 16.5. The first-order valence-electron chi connectivity index (χ1n) is 10.4. The standard InChI is InChI=1S/C26H24N2O4/c1-31-25(29)21-7-3-19(4-8-21)15-27-13-11-23(17-27)24-12-14-28(18-24)16-20-5-9-22(10-6-20)26(30)32-2/h3-14,17-18H,15-16H2,1-2H3/p+2. The van der Waals surface area contributed by atoms with Crippen LogP contribution in [0.1, 0.15) is 31.8 Å². The SMILES string of the molecule is COC(=O)c1ccc(C[NH+]2C=CC(C3=C[NH+](Cc4ccc(C(=O)OC)cc4)C=C3)=C2)cc1. The Morgan fingerprint density at radius 2 is 1.03 bits per heavy atom. The first-order valence-corrected chi connectivity index (χ1v) is 10.4. The molecule has 32 heavy (non-hydrogen) atoms. The number of nitrogens with one attached hydrogen (secondary N) is 2. The molecule has 2 atom stereocenters. The van der Waals surface area contributed by atoms with E-state index in [9.17, 15) is 9.59 Å². The summed E-state index contributed by atoms with van der Waals surface area (Å²) in [5.41, 5.74) is 5.80. The lowest BCUT2D eigenvalue weighted by molar-refractivity contribution is -0.803. The van der Waals surface area contributed by atoms with Gasteiger partial charge in [-0.3, -0.25) is 9.80 Å². The smallest absolute Gasteiger partial charge is 0.337 e. The number of carbonyl (C=O) groups excluding carboxylic acids is 2. The Morgan fingerprint density at radius 3 is 1.38 bits per heavy atom. The number of methoxy groups -OCH3 is 2. The van der Waals surface area contributed by atoms with E-state index < -0.39 is 0 Å². The average molecular weight is 431 g/mol. The van der Waals surface area contributed by atoms with Crippen molar-refractivity contribution < 1.29 is 28.9 Å². The Balaban J connectivity index is 1.35.